The van der Waals surface area contributed by atoms with Crippen molar-refractivity contribution in [2.45, 2.75) is 50.6 Å². The second kappa shape index (κ2) is 7.81. The molecule has 33 heavy (non-hydrogen) atoms. The van der Waals surface area contributed by atoms with E-state index < -0.39 is 35.1 Å². The molecule has 3 aliphatic heterocycles. The van der Waals surface area contributed by atoms with E-state index >= 15 is 0 Å². The number of nitrogens with one attached hydrogen (secondary N) is 2. The van der Waals surface area contributed by atoms with Crippen LogP contribution in [-0.2, 0) is 25.7 Å². The zero-order chi connectivity index (χ0) is 23.4. The average molecular weight is 466 g/mol. The molecule has 3 amide bonds. The molecule has 2 saturated heterocycles. The van der Waals surface area contributed by atoms with Crippen LogP contribution in [0.15, 0.2) is 60.0 Å². The standard InChI is InChI=1S/C25H27N3O4S/c1-24(2,3)27-22(30)20-25-12-11-17(32-25)18(21(29)26-14-16-10-7-13-33-16)19(25)23(31)28(20)15-8-5-4-6-9-15/h4-13,17-20H,14H2,1-3H3,(H,26,29)(H,27,30)/t17-,18-,19+,20+,25+/m1/s1. The van der Waals surface area contributed by atoms with Gasteiger partial charge < -0.3 is 15.4 Å². The summed E-state index contributed by atoms with van der Waals surface area (Å²) in [7, 11) is 0. The molecule has 1 spiro atoms. The lowest BCUT2D eigenvalue weighted by Crippen LogP contribution is -2.58. The van der Waals surface area contributed by atoms with Gasteiger partial charge in [0.25, 0.3) is 0 Å². The monoisotopic (exact) mass is 465 g/mol. The molecule has 5 rings (SSSR count). The van der Waals surface area contributed by atoms with Crippen molar-refractivity contribution in [2.24, 2.45) is 11.8 Å². The Balaban J connectivity index is 1.51. The molecular formula is C25H27N3O4S. The first-order chi connectivity index (χ1) is 15.7. The number of benzene rings is 1. The van der Waals surface area contributed by atoms with E-state index in [0.29, 0.717) is 12.2 Å². The summed E-state index contributed by atoms with van der Waals surface area (Å²) in [6.07, 6.45) is 3.11. The second-order valence-corrected chi connectivity index (χ2v) is 10.8. The van der Waals surface area contributed by atoms with Crippen molar-refractivity contribution in [1.82, 2.24) is 10.6 Å². The minimum atomic E-state index is -1.18. The molecule has 0 aliphatic carbocycles. The number of fused-ring (bicyclic) bond motifs is 1. The summed E-state index contributed by atoms with van der Waals surface area (Å²) < 4.78 is 6.33. The largest absolute Gasteiger partial charge is 0.359 e. The van der Waals surface area contributed by atoms with Crippen molar-refractivity contribution < 1.29 is 19.1 Å². The van der Waals surface area contributed by atoms with Gasteiger partial charge in [-0.15, -0.1) is 11.3 Å². The summed E-state index contributed by atoms with van der Waals surface area (Å²) in [6.45, 7) is 6.08. The van der Waals surface area contributed by atoms with E-state index in [0.717, 1.165) is 4.88 Å². The highest BCUT2D eigenvalue weighted by Gasteiger charge is 2.73. The van der Waals surface area contributed by atoms with E-state index in [1.54, 1.807) is 23.5 Å². The van der Waals surface area contributed by atoms with E-state index in [4.69, 9.17) is 4.74 Å². The Morgan fingerprint density at radius 3 is 2.55 bits per heavy atom. The van der Waals surface area contributed by atoms with Crippen LogP contribution in [-0.4, -0.2) is 41.0 Å². The molecule has 0 unspecified atom stereocenters. The first kappa shape index (κ1) is 21.9. The Bertz CT molecular complexity index is 1110. The lowest BCUT2D eigenvalue weighted by atomic mass is 9.74. The average Bonchev–Trinajstić information content (AvgIpc) is 3.53. The molecule has 2 fully saturated rings. The van der Waals surface area contributed by atoms with Crippen LogP contribution >= 0.6 is 11.3 Å². The van der Waals surface area contributed by atoms with Crippen LogP contribution in [0, 0.1) is 11.8 Å². The maximum absolute atomic E-state index is 13.9. The number of amides is 3. The molecule has 2 bridgehead atoms. The first-order valence-electron chi connectivity index (χ1n) is 11.1. The molecule has 5 atom stereocenters. The van der Waals surface area contributed by atoms with Crippen LogP contribution in [0.5, 0.6) is 0 Å². The van der Waals surface area contributed by atoms with Crippen LogP contribution in [0.25, 0.3) is 0 Å². The van der Waals surface area contributed by atoms with E-state index in [-0.39, 0.29) is 17.7 Å². The van der Waals surface area contributed by atoms with Gasteiger partial charge in [0, 0.05) is 16.1 Å². The molecule has 4 heterocycles. The second-order valence-electron chi connectivity index (χ2n) is 9.78. The summed E-state index contributed by atoms with van der Waals surface area (Å²) in [5.74, 6) is -2.26. The number of carbonyl (C=O) groups is 3. The van der Waals surface area contributed by atoms with Gasteiger partial charge in [-0.2, -0.15) is 0 Å². The maximum Gasteiger partial charge on any atom is 0.246 e. The fourth-order valence-electron chi connectivity index (χ4n) is 5.18. The fourth-order valence-corrected chi connectivity index (χ4v) is 5.83. The van der Waals surface area contributed by atoms with Gasteiger partial charge in [-0.05, 0) is 44.4 Å². The number of hydrogen-bond acceptors (Lipinski definition) is 5. The third-order valence-corrected chi connectivity index (χ3v) is 7.25. The molecule has 2 aromatic rings. The Morgan fingerprint density at radius 2 is 1.88 bits per heavy atom. The lowest BCUT2D eigenvalue weighted by Gasteiger charge is -2.34. The minimum absolute atomic E-state index is 0.233. The molecule has 0 radical (unpaired) electrons. The van der Waals surface area contributed by atoms with Gasteiger partial charge in [-0.1, -0.05) is 36.4 Å². The van der Waals surface area contributed by atoms with Crippen molar-refractivity contribution in [3.63, 3.8) is 0 Å². The van der Waals surface area contributed by atoms with Crippen LogP contribution < -0.4 is 15.5 Å². The van der Waals surface area contributed by atoms with E-state index in [2.05, 4.69) is 10.6 Å². The Morgan fingerprint density at radius 1 is 1.12 bits per heavy atom. The number of carbonyl (C=O) groups excluding carboxylic acids is 3. The van der Waals surface area contributed by atoms with Gasteiger partial charge in [0.1, 0.15) is 11.6 Å². The molecule has 1 aromatic carbocycles. The molecule has 172 valence electrons. The first-order valence-corrected chi connectivity index (χ1v) is 12.0. The molecule has 8 heteroatoms. The van der Waals surface area contributed by atoms with Crippen molar-refractivity contribution in [1.29, 1.82) is 0 Å². The fraction of sp³-hybridized carbons (Fsp3) is 0.400. The molecule has 7 nitrogen and oxygen atoms in total. The quantitative estimate of drug-likeness (QED) is 0.665. The molecule has 0 saturated carbocycles. The third-order valence-electron chi connectivity index (χ3n) is 6.38. The minimum Gasteiger partial charge on any atom is -0.359 e. The molecule has 1 aromatic heterocycles. The van der Waals surface area contributed by atoms with E-state index in [1.807, 2.05) is 68.6 Å². The van der Waals surface area contributed by atoms with Crippen molar-refractivity contribution >= 4 is 34.7 Å². The van der Waals surface area contributed by atoms with Crippen molar-refractivity contribution in [3.8, 4) is 0 Å². The van der Waals surface area contributed by atoms with Gasteiger partial charge in [0.05, 0.1) is 24.5 Å². The highest BCUT2D eigenvalue weighted by Crippen LogP contribution is 2.55. The number of hydrogen-bond donors (Lipinski definition) is 2. The van der Waals surface area contributed by atoms with E-state index in [1.165, 1.54) is 4.90 Å². The van der Waals surface area contributed by atoms with Crippen molar-refractivity contribution in [2.75, 3.05) is 4.90 Å². The predicted octanol–water partition coefficient (Wildman–Crippen LogP) is 2.63. The normalized spacial score (nSPS) is 29.9. The molecule has 3 aliphatic rings. The Labute approximate surface area is 196 Å². The highest BCUT2D eigenvalue weighted by atomic mass is 32.1. The summed E-state index contributed by atoms with van der Waals surface area (Å²) >= 11 is 1.56. The van der Waals surface area contributed by atoms with Crippen molar-refractivity contribution in [3.05, 3.63) is 64.9 Å². The Hall–Kier alpha value is -2.97. The summed E-state index contributed by atoms with van der Waals surface area (Å²) in [5, 5.41) is 7.93. The van der Waals surface area contributed by atoms with Crippen LogP contribution in [0.1, 0.15) is 25.6 Å². The van der Waals surface area contributed by atoms with Crippen LogP contribution in [0.2, 0.25) is 0 Å². The van der Waals surface area contributed by atoms with Gasteiger partial charge in [0.2, 0.25) is 17.7 Å². The number of anilines is 1. The number of rotatable bonds is 5. The zero-order valence-corrected chi connectivity index (χ0v) is 19.6. The summed E-state index contributed by atoms with van der Waals surface area (Å²) in [4.78, 5) is 43.2. The van der Waals surface area contributed by atoms with Gasteiger partial charge in [0.15, 0.2) is 0 Å². The van der Waals surface area contributed by atoms with Gasteiger partial charge in [-0.3, -0.25) is 19.3 Å². The molecule has 2 N–H and O–H groups in total. The zero-order valence-electron chi connectivity index (χ0n) is 18.8. The predicted molar refractivity (Wildman–Crippen MR) is 126 cm³/mol. The number of thiophene rings is 1. The maximum atomic E-state index is 13.9. The molecular weight excluding hydrogens is 438 g/mol. The highest BCUT2D eigenvalue weighted by molar-refractivity contribution is 7.09. The summed E-state index contributed by atoms with van der Waals surface area (Å²) in [5.41, 5.74) is -1.06. The topological polar surface area (TPSA) is 87.7 Å². The SMILES string of the molecule is CC(C)(C)NC(=O)[C@@H]1N(c2ccccc2)C(=O)[C@@H]2[C@H](C(=O)NCc3cccs3)[C@H]3C=C[C@]21O3. The smallest absolute Gasteiger partial charge is 0.246 e. The third kappa shape index (κ3) is 3.57. The number of nitrogens with zero attached hydrogens (tertiary/aromatic N) is 1. The van der Waals surface area contributed by atoms with Gasteiger partial charge >= 0.3 is 0 Å². The number of ether oxygens (including phenoxy) is 1. The van der Waals surface area contributed by atoms with Gasteiger partial charge in [-0.25, -0.2) is 0 Å². The Kier molecular flexibility index (Phi) is 5.17. The van der Waals surface area contributed by atoms with E-state index in [9.17, 15) is 14.4 Å². The van der Waals surface area contributed by atoms with Crippen LogP contribution in [0.3, 0.4) is 0 Å². The van der Waals surface area contributed by atoms with Crippen LogP contribution in [0.4, 0.5) is 5.69 Å². The summed E-state index contributed by atoms with van der Waals surface area (Å²) in [6, 6.07) is 12.1. The lowest BCUT2D eigenvalue weighted by molar-refractivity contribution is -0.132. The number of para-hydroxylation sites is 1.